The van der Waals surface area contributed by atoms with Gasteiger partial charge in [0.15, 0.2) is 23.1 Å². The van der Waals surface area contributed by atoms with Gasteiger partial charge in [0.25, 0.3) is 11.8 Å². The zero-order valence-corrected chi connectivity index (χ0v) is 41.1. The van der Waals surface area contributed by atoms with Crippen molar-refractivity contribution in [1.29, 1.82) is 0 Å². The van der Waals surface area contributed by atoms with Gasteiger partial charge < -0.3 is 10.6 Å². The molecule has 2 amide bonds. The molecule has 350 valence electrons. The lowest BCUT2D eigenvalue weighted by Gasteiger charge is -2.18. The van der Waals surface area contributed by atoms with E-state index in [2.05, 4.69) is 10.6 Å². The van der Waals surface area contributed by atoms with Gasteiger partial charge in [-0.3, -0.25) is 28.8 Å². The third-order valence-corrected chi connectivity index (χ3v) is 15.7. The fourth-order valence-corrected chi connectivity index (χ4v) is 11.5. The van der Waals surface area contributed by atoms with E-state index in [0.717, 1.165) is 38.5 Å². The second kappa shape index (κ2) is 26.9. The number of carbonyl (C=O) groups is 6. The molecule has 0 aromatic heterocycles. The zero-order chi connectivity index (χ0) is 46.7. The fourth-order valence-electron chi connectivity index (χ4n) is 8.70. The average molecular weight is 970 g/mol. The number of fused-ring (bicyclic) bond motifs is 4. The zero-order valence-electron chi connectivity index (χ0n) is 37.9. The van der Waals surface area contributed by atoms with Crippen LogP contribution >= 0.6 is 44.8 Å². The predicted molar refractivity (Wildman–Crippen MR) is 271 cm³/mol. The second-order valence-corrected chi connectivity index (χ2v) is 20.9. The van der Waals surface area contributed by atoms with Crippen molar-refractivity contribution in [2.45, 2.75) is 128 Å². The monoisotopic (exact) mass is 968 g/mol. The molecule has 2 aliphatic carbocycles. The highest BCUT2D eigenvalue weighted by Crippen LogP contribution is 2.33. The summed E-state index contributed by atoms with van der Waals surface area (Å²) in [5, 5.41) is 6.21. The van der Waals surface area contributed by atoms with Gasteiger partial charge in [0.05, 0.1) is 21.2 Å². The van der Waals surface area contributed by atoms with E-state index >= 15 is 0 Å². The smallest absolute Gasteiger partial charge is 0.252 e. The van der Waals surface area contributed by atoms with Gasteiger partial charge in [0, 0.05) is 69.1 Å². The summed E-state index contributed by atoms with van der Waals surface area (Å²) in [5.74, 6) is 0.791. The van der Waals surface area contributed by atoms with Gasteiger partial charge in [0.2, 0.25) is 0 Å². The van der Waals surface area contributed by atoms with E-state index in [-0.39, 0.29) is 78.4 Å². The van der Waals surface area contributed by atoms with E-state index in [4.69, 9.17) is 23.2 Å². The molecule has 0 heterocycles. The maximum absolute atomic E-state index is 13.0. The van der Waals surface area contributed by atoms with Crippen molar-refractivity contribution in [1.82, 2.24) is 10.6 Å². The highest BCUT2D eigenvalue weighted by atomic mass is 35.5. The molecular formula is C54H62Cl2N2O6S2. The molecule has 66 heavy (non-hydrogen) atoms. The highest BCUT2D eigenvalue weighted by Gasteiger charge is 2.32. The highest BCUT2D eigenvalue weighted by molar-refractivity contribution is 8.76. The van der Waals surface area contributed by atoms with Crippen molar-refractivity contribution < 1.29 is 28.8 Å². The number of nitrogens with one attached hydrogen (secondary N) is 2. The molecule has 0 bridgehead atoms. The summed E-state index contributed by atoms with van der Waals surface area (Å²) < 4.78 is 0. The van der Waals surface area contributed by atoms with E-state index in [1.807, 2.05) is 21.6 Å². The molecule has 0 saturated carbocycles. The molecule has 0 fully saturated rings. The molecule has 2 N–H and O–H groups in total. The van der Waals surface area contributed by atoms with Crippen molar-refractivity contribution in [3.63, 3.8) is 0 Å². The summed E-state index contributed by atoms with van der Waals surface area (Å²) in [6.45, 7) is 1.09. The Morgan fingerprint density at radius 1 is 0.364 bits per heavy atom. The van der Waals surface area contributed by atoms with Crippen LogP contribution in [0, 0.1) is 0 Å². The van der Waals surface area contributed by atoms with E-state index in [1.54, 1.807) is 48.5 Å². The molecular weight excluding hydrogens is 908 g/mol. The minimum Gasteiger partial charge on any atom is -0.352 e. The van der Waals surface area contributed by atoms with Crippen LogP contribution < -0.4 is 10.6 Å². The number of halogens is 2. The number of amides is 2. The Balaban J connectivity index is 0.663. The summed E-state index contributed by atoms with van der Waals surface area (Å²) in [5.41, 5.74) is 2.82. The Kier molecular flexibility index (Phi) is 20.9. The summed E-state index contributed by atoms with van der Waals surface area (Å²) in [4.78, 5) is 77.7. The van der Waals surface area contributed by atoms with Gasteiger partial charge in [-0.05, 0) is 49.9 Å². The molecule has 4 aromatic carbocycles. The first-order valence-electron chi connectivity index (χ1n) is 24.0. The Morgan fingerprint density at radius 3 is 0.924 bits per heavy atom. The van der Waals surface area contributed by atoms with Gasteiger partial charge in [-0.15, -0.1) is 0 Å². The standard InChI is InChI=1S/C54H62Cl2N2O6S2/c55-47-35-43-41(49(59)37-25-17-19-27-39(37)51(43)61)33-45(47)53(63)57-29-21-13-9-5-1-3-7-11-15-23-31-65-66-32-24-16-12-8-4-2-6-10-14-22-30-58-54(64)46-34-42-44(36-48(46)56)52(62)40-28-20-18-26-38(40)50(42)60/h17-20,25-28,33-36H,1-16,21-24,29-32H2,(H,57,63)(H,58,64). The van der Waals surface area contributed by atoms with E-state index in [9.17, 15) is 28.8 Å². The first-order valence-corrected chi connectivity index (χ1v) is 27.3. The summed E-state index contributed by atoms with van der Waals surface area (Å²) in [7, 11) is 4.06. The number of hydrogen-bond acceptors (Lipinski definition) is 8. The number of unbranched alkanes of at least 4 members (excludes halogenated alkanes) is 18. The maximum atomic E-state index is 13.0. The summed E-state index contributed by atoms with van der Waals surface area (Å²) in [6, 6.07) is 19.3. The summed E-state index contributed by atoms with van der Waals surface area (Å²) in [6.07, 6.45) is 24.1. The lowest BCUT2D eigenvalue weighted by Crippen LogP contribution is -2.27. The van der Waals surface area contributed by atoms with Crippen LogP contribution in [0.3, 0.4) is 0 Å². The minimum absolute atomic E-state index is 0.173. The fraction of sp³-hybridized carbons (Fsp3) is 0.444. The van der Waals surface area contributed by atoms with Crippen LogP contribution in [-0.2, 0) is 0 Å². The summed E-state index contributed by atoms with van der Waals surface area (Å²) >= 11 is 12.8. The van der Waals surface area contributed by atoms with Gasteiger partial charge in [0.1, 0.15) is 0 Å². The van der Waals surface area contributed by atoms with Crippen LogP contribution in [0.5, 0.6) is 0 Å². The molecule has 0 unspecified atom stereocenters. The van der Waals surface area contributed by atoms with Gasteiger partial charge in [-0.2, -0.15) is 0 Å². The number of carbonyl (C=O) groups excluding carboxylic acids is 6. The van der Waals surface area contributed by atoms with Crippen LogP contribution in [0.15, 0.2) is 72.8 Å². The van der Waals surface area contributed by atoms with E-state index < -0.39 is 0 Å². The lowest BCUT2D eigenvalue weighted by molar-refractivity contribution is 0.0943. The molecule has 0 saturated heterocycles. The maximum Gasteiger partial charge on any atom is 0.252 e. The molecule has 4 aromatic rings. The SMILES string of the molecule is O=C(NCCCCCCCCCCCCSSCCCCCCCCCCCCNC(=O)c1cc2c(cc1Cl)C(=O)c1ccccc1C2=O)c1cc2c(cc1Cl)C(=O)c1ccccc1C2=O. The van der Waals surface area contributed by atoms with Gasteiger partial charge in [-0.1, -0.05) is 196 Å². The van der Waals surface area contributed by atoms with Gasteiger partial charge in [-0.25, -0.2) is 0 Å². The Morgan fingerprint density at radius 2 is 0.621 bits per heavy atom. The van der Waals surface area contributed by atoms with E-state index in [1.165, 1.54) is 126 Å². The third-order valence-electron chi connectivity index (χ3n) is 12.5. The molecule has 0 aliphatic heterocycles. The molecule has 0 radical (unpaired) electrons. The van der Waals surface area contributed by atoms with Crippen molar-refractivity contribution >= 4 is 79.7 Å². The minimum atomic E-state index is -0.326. The topological polar surface area (TPSA) is 126 Å². The van der Waals surface area contributed by atoms with Crippen LogP contribution in [0.4, 0.5) is 0 Å². The second-order valence-electron chi connectivity index (χ2n) is 17.4. The quantitative estimate of drug-likeness (QED) is 0.0351. The molecule has 8 nitrogen and oxygen atoms in total. The molecule has 6 rings (SSSR count). The van der Waals surface area contributed by atoms with E-state index in [0.29, 0.717) is 35.3 Å². The van der Waals surface area contributed by atoms with Crippen molar-refractivity contribution in [2.75, 3.05) is 24.6 Å². The van der Waals surface area contributed by atoms with Crippen LogP contribution in [0.1, 0.15) is 213 Å². The number of benzene rings is 4. The number of hydrogen-bond donors (Lipinski definition) is 2. The molecule has 2 aliphatic rings. The first kappa shape index (κ1) is 51.2. The molecule has 12 heteroatoms. The van der Waals surface area contributed by atoms with Crippen LogP contribution in [0.2, 0.25) is 10.0 Å². The Bertz CT molecular complexity index is 2200. The average Bonchev–Trinajstić information content (AvgIpc) is 3.32. The van der Waals surface area contributed by atoms with Crippen molar-refractivity contribution in [3.8, 4) is 0 Å². The van der Waals surface area contributed by atoms with Crippen LogP contribution in [0.25, 0.3) is 0 Å². The lowest BCUT2D eigenvalue weighted by atomic mass is 9.83. The third kappa shape index (κ3) is 14.2. The molecule has 0 spiro atoms. The van der Waals surface area contributed by atoms with Crippen molar-refractivity contribution in [2.24, 2.45) is 0 Å². The first-order chi connectivity index (χ1) is 32.2. The van der Waals surface area contributed by atoms with Gasteiger partial charge >= 0.3 is 0 Å². The predicted octanol–water partition coefficient (Wildman–Crippen LogP) is 13.9. The number of ketones is 4. The normalized spacial score (nSPS) is 12.7. The van der Waals surface area contributed by atoms with Crippen molar-refractivity contribution in [3.05, 3.63) is 138 Å². The number of rotatable bonds is 29. The Labute approximate surface area is 408 Å². The molecule has 0 atom stereocenters. The largest absolute Gasteiger partial charge is 0.352 e. The Hall–Kier alpha value is -4.22. The van der Waals surface area contributed by atoms with Crippen LogP contribution in [-0.4, -0.2) is 59.5 Å².